The number of rotatable bonds is 8. The van der Waals surface area contributed by atoms with Crippen molar-refractivity contribution < 1.29 is 0 Å². The maximum atomic E-state index is 2.67. The lowest BCUT2D eigenvalue weighted by Gasteiger charge is -2.32. The molecule has 0 N–H and O–H groups in total. The lowest BCUT2D eigenvalue weighted by Crippen LogP contribution is -2.53. The van der Waals surface area contributed by atoms with Gasteiger partial charge < -0.3 is 28.1 Å². The van der Waals surface area contributed by atoms with Crippen LogP contribution in [0.3, 0.4) is 0 Å². The Balaban J connectivity index is 0.735. The van der Waals surface area contributed by atoms with Gasteiger partial charge >= 0.3 is 0 Å². The van der Waals surface area contributed by atoms with Crippen LogP contribution in [0.1, 0.15) is 57.6 Å². The zero-order chi connectivity index (χ0) is 61.2. The Morgan fingerprint density at radius 3 is 0.957 bits per heavy atom. The van der Waals surface area contributed by atoms with Crippen molar-refractivity contribution in [3.63, 3.8) is 0 Å². The summed E-state index contributed by atoms with van der Waals surface area (Å²) in [7, 11) is -2.43. The Kier molecular flexibility index (Phi) is 11.2. The van der Waals surface area contributed by atoms with Crippen LogP contribution in [0.25, 0.3) is 100 Å². The summed E-state index contributed by atoms with van der Waals surface area (Å²) in [6.07, 6.45) is 9.94. The van der Waals surface area contributed by atoms with Crippen molar-refractivity contribution in [1.29, 1.82) is 0 Å². The number of hydrogen-bond donors (Lipinski definition) is 0. The van der Waals surface area contributed by atoms with Crippen LogP contribution in [-0.2, 0) is 0 Å². The van der Waals surface area contributed by atoms with Crippen LogP contribution in [0.2, 0.25) is 13.1 Å². The second-order valence-corrected chi connectivity index (χ2v) is 30.7. The molecule has 0 saturated heterocycles. The number of benzene rings is 12. The Morgan fingerprint density at radius 2 is 0.591 bits per heavy atom. The molecule has 6 heterocycles. The molecule has 4 aliphatic rings. The molecule has 6 nitrogen and oxygen atoms in total. The molecule has 4 unspecified atom stereocenters. The fraction of sp³-hybridized carbons (Fsp3) is 0.0698. The van der Waals surface area contributed by atoms with Crippen LogP contribution in [0, 0.1) is 0 Å². The molecular weight excluding hydrogens is 1150 g/mol. The van der Waals surface area contributed by atoms with E-state index in [4.69, 9.17) is 0 Å². The van der Waals surface area contributed by atoms with Gasteiger partial charge in [0.2, 0.25) is 0 Å². The van der Waals surface area contributed by atoms with Crippen LogP contribution in [0.5, 0.6) is 0 Å². The van der Waals surface area contributed by atoms with E-state index in [9.17, 15) is 0 Å². The first-order valence-corrected chi connectivity index (χ1v) is 35.7. The molecule has 2 aliphatic heterocycles. The summed E-state index contributed by atoms with van der Waals surface area (Å²) in [5.74, 6) is 0.193. The van der Waals surface area contributed by atoms with E-state index in [-0.39, 0.29) is 23.9 Å². The molecule has 0 radical (unpaired) electrons. The minimum atomic E-state index is -2.43. The summed E-state index contributed by atoms with van der Waals surface area (Å²) in [4.78, 5) is 5.33. The predicted molar refractivity (Wildman–Crippen MR) is 391 cm³/mol. The number of nitrogens with zero attached hydrogens (tertiary/aromatic N) is 6. The first kappa shape index (κ1) is 52.4. The van der Waals surface area contributed by atoms with Crippen LogP contribution in [0.15, 0.2) is 303 Å². The lowest BCUT2D eigenvalue weighted by atomic mass is 9.84. The van der Waals surface area contributed by atoms with E-state index in [0.717, 1.165) is 22.7 Å². The summed E-state index contributed by atoms with van der Waals surface area (Å²) in [6, 6.07) is 109. The van der Waals surface area contributed by atoms with Gasteiger partial charge in [0.15, 0.2) is 0 Å². The highest BCUT2D eigenvalue weighted by Gasteiger charge is 2.47. The van der Waals surface area contributed by atoms with E-state index in [1.165, 1.54) is 132 Å². The zero-order valence-corrected chi connectivity index (χ0v) is 52.5. The molecule has 2 aliphatic carbocycles. The average molecular weight is 1210 g/mol. The summed E-state index contributed by atoms with van der Waals surface area (Å²) < 4.78 is 9.95. The largest absolute Gasteiger partial charge is 0.333 e. The van der Waals surface area contributed by atoms with Gasteiger partial charge in [-0.2, -0.15) is 0 Å². The molecule has 12 aromatic carbocycles. The van der Waals surface area contributed by atoms with E-state index in [0.29, 0.717) is 0 Å². The molecule has 93 heavy (non-hydrogen) atoms. The fourth-order valence-corrected chi connectivity index (χ4v) is 19.5. The molecule has 0 spiro atoms. The molecule has 440 valence electrons. The van der Waals surface area contributed by atoms with E-state index in [2.05, 4.69) is 357 Å². The second-order valence-electron chi connectivity index (χ2n) is 26.3. The topological polar surface area (TPSA) is 26.2 Å². The van der Waals surface area contributed by atoms with Gasteiger partial charge in [0.1, 0.15) is 8.07 Å². The van der Waals surface area contributed by atoms with E-state index < -0.39 is 8.07 Å². The van der Waals surface area contributed by atoms with E-state index in [1.807, 2.05) is 0 Å². The van der Waals surface area contributed by atoms with Gasteiger partial charge in [0.25, 0.3) is 0 Å². The van der Waals surface area contributed by atoms with Gasteiger partial charge in [0.05, 0.1) is 56.6 Å². The maximum absolute atomic E-state index is 2.67. The van der Waals surface area contributed by atoms with Gasteiger partial charge in [-0.15, -0.1) is 0 Å². The van der Waals surface area contributed by atoms with Crippen molar-refractivity contribution in [3.05, 3.63) is 337 Å². The van der Waals surface area contributed by atoms with Crippen LogP contribution >= 0.6 is 0 Å². The minimum absolute atomic E-state index is 0.00180. The molecule has 0 saturated carbocycles. The van der Waals surface area contributed by atoms with Crippen LogP contribution in [0.4, 0.5) is 22.7 Å². The first-order chi connectivity index (χ1) is 45.9. The molecule has 0 amide bonds. The smallest absolute Gasteiger partial charge is 0.112 e. The highest BCUT2D eigenvalue weighted by molar-refractivity contribution is 7.00. The summed E-state index contributed by atoms with van der Waals surface area (Å²) in [5, 5.41) is 10.5. The molecule has 0 fully saturated rings. The van der Waals surface area contributed by atoms with Gasteiger partial charge in [-0.1, -0.05) is 205 Å². The minimum Gasteiger partial charge on any atom is -0.333 e. The highest BCUT2D eigenvalue weighted by Crippen LogP contribution is 2.60. The Hall–Kier alpha value is -11.4. The molecule has 20 rings (SSSR count). The van der Waals surface area contributed by atoms with Gasteiger partial charge in [0, 0.05) is 101 Å². The SMILES string of the molecule is C[Si](C)(c1ccc2c(c1)C1C=Cc3c(c4cc(-n5c6ccccc6c6ccccc65)ccc4n3-c3ccccc3)C1N2c1ccccc1)c1ccc2c(c1)C1C=Cc3c(c4cc(-n5c6ccccc6c6ccccc65)ccc4n3-c3ccccc3)C1N2c1ccccc1. The standard InChI is InChI=1S/C86H62N6Si/c1-93(2,61-41-47-77-69(53-61)67-43-49-81-83(85(67)91(77)57-27-11-5-12-28-57)71-51-59(39-45-79(71)87(81)55-23-7-3-8-24-55)89-73-35-19-15-31-63(73)64-32-16-20-36-74(64)89)62-42-48-78-70(54-62)68-44-50-82-84(86(68)92(78)58-29-13-6-14-30-58)72-52-60(40-46-80(72)88(82)56-25-9-4-10-26-56)90-75-37-21-17-33-65(75)66-34-18-22-38-76(66)90/h3-54,67-68,85-86H,1-2H3. The van der Waals surface area contributed by atoms with Crippen molar-refractivity contribution in [3.8, 4) is 22.7 Å². The van der Waals surface area contributed by atoms with E-state index >= 15 is 0 Å². The second kappa shape index (κ2) is 19.8. The van der Waals surface area contributed by atoms with Gasteiger partial charge in [-0.3, -0.25) is 0 Å². The quantitative estimate of drug-likeness (QED) is 0.142. The lowest BCUT2D eigenvalue weighted by molar-refractivity contribution is 0.669. The van der Waals surface area contributed by atoms with Gasteiger partial charge in [-0.25, -0.2) is 0 Å². The summed E-state index contributed by atoms with van der Waals surface area (Å²) in [6.45, 7) is 5.16. The molecule has 4 atom stereocenters. The summed E-state index contributed by atoms with van der Waals surface area (Å²) in [5.41, 5.74) is 24.8. The monoisotopic (exact) mass is 1210 g/mol. The van der Waals surface area contributed by atoms with Gasteiger partial charge in [-0.05, 0) is 145 Å². The van der Waals surface area contributed by atoms with Crippen molar-refractivity contribution >= 4 is 119 Å². The third-order valence-corrected chi connectivity index (χ3v) is 24.8. The van der Waals surface area contributed by atoms with Crippen molar-refractivity contribution in [1.82, 2.24) is 18.3 Å². The Bertz CT molecular complexity index is 5360. The Morgan fingerprint density at radius 1 is 0.269 bits per heavy atom. The van der Waals surface area contributed by atoms with Crippen LogP contribution < -0.4 is 20.2 Å². The van der Waals surface area contributed by atoms with Crippen molar-refractivity contribution in [2.75, 3.05) is 9.80 Å². The van der Waals surface area contributed by atoms with Crippen molar-refractivity contribution in [2.24, 2.45) is 0 Å². The highest BCUT2D eigenvalue weighted by atomic mass is 28.3. The first-order valence-electron chi connectivity index (χ1n) is 32.7. The maximum Gasteiger partial charge on any atom is 0.112 e. The summed E-state index contributed by atoms with van der Waals surface area (Å²) >= 11 is 0. The van der Waals surface area contributed by atoms with E-state index in [1.54, 1.807) is 0 Å². The third-order valence-electron chi connectivity index (χ3n) is 21.3. The fourth-order valence-electron chi connectivity index (χ4n) is 17.2. The van der Waals surface area contributed by atoms with Crippen molar-refractivity contribution in [2.45, 2.75) is 37.0 Å². The molecule has 7 heteroatoms. The normalized spacial score (nSPS) is 17.0. The average Bonchev–Trinajstić information content (AvgIpc) is 1.55. The Labute approximate surface area is 540 Å². The number of para-hydroxylation sites is 8. The predicted octanol–water partition coefficient (Wildman–Crippen LogP) is 20.6. The number of hydrogen-bond acceptors (Lipinski definition) is 2. The zero-order valence-electron chi connectivity index (χ0n) is 51.5. The molecule has 0 bridgehead atoms. The molecular formula is C86H62N6Si. The number of fused-ring (bicyclic) bond motifs is 20. The number of aromatic nitrogens is 4. The molecule has 4 aromatic heterocycles. The van der Waals surface area contributed by atoms with Crippen LogP contribution in [-0.4, -0.2) is 26.3 Å². The third kappa shape index (κ3) is 7.45. The number of anilines is 4. The molecule has 16 aromatic rings.